The summed E-state index contributed by atoms with van der Waals surface area (Å²) < 4.78 is 23.8. The third-order valence-electron chi connectivity index (χ3n) is 13.2. The van der Waals surface area contributed by atoms with Crippen LogP contribution in [0.4, 0.5) is 5.69 Å². The second-order valence-corrected chi connectivity index (χ2v) is 17.9. The number of hydrazone groups is 1. The number of aliphatic hydroxyl groups is 2. The van der Waals surface area contributed by atoms with Crippen molar-refractivity contribution in [3.8, 4) is 23.0 Å². The summed E-state index contributed by atoms with van der Waals surface area (Å²) in [6.07, 6.45) is 5.67. The van der Waals surface area contributed by atoms with E-state index in [1.54, 1.807) is 39.8 Å². The molecule has 1 fully saturated rings. The van der Waals surface area contributed by atoms with E-state index < -0.39 is 88.8 Å². The van der Waals surface area contributed by atoms with Crippen molar-refractivity contribution in [2.45, 2.75) is 98.6 Å². The highest BCUT2D eigenvalue weighted by atomic mass is 16.7. The summed E-state index contributed by atoms with van der Waals surface area (Å²) in [5.74, 6) is -8.41. The lowest BCUT2D eigenvalue weighted by Crippen LogP contribution is -2.46. The molecule has 1 saturated heterocycles. The summed E-state index contributed by atoms with van der Waals surface area (Å²) in [5, 5.41) is 67.8. The third kappa shape index (κ3) is 10.2. The number of allylic oxidation sites excluding steroid dienone is 2. The minimum atomic E-state index is -2.06. The maximum Gasteiger partial charge on any atom is 0.312 e. The molecule has 3 aromatic carbocycles. The zero-order valence-corrected chi connectivity index (χ0v) is 39.1. The van der Waals surface area contributed by atoms with Crippen LogP contribution in [0.1, 0.15) is 81.9 Å². The number of amides is 1. The summed E-state index contributed by atoms with van der Waals surface area (Å²) in [4.78, 5) is 43.2. The van der Waals surface area contributed by atoms with E-state index in [4.69, 9.17) is 24.0 Å². The molecule has 16 heteroatoms. The average molecular weight is 913 g/mol. The Kier molecular flexibility index (Phi) is 15.5. The quantitative estimate of drug-likeness (QED) is 0.0693. The number of hydrogen-bond acceptors (Lipinski definition) is 15. The van der Waals surface area contributed by atoms with Gasteiger partial charge in [-0.15, -0.1) is 0 Å². The summed E-state index contributed by atoms with van der Waals surface area (Å²) >= 11 is 0. The minimum Gasteiger partial charge on any atom is -0.507 e. The van der Waals surface area contributed by atoms with Gasteiger partial charge in [0.15, 0.2) is 5.75 Å². The molecule has 0 aromatic heterocycles. The fraction of sp³-hybridized carbons (Fsp3) is 0.480. The fourth-order valence-corrected chi connectivity index (χ4v) is 9.08. The topological polar surface area (TPSA) is 220 Å². The van der Waals surface area contributed by atoms with Crippen molar-refractivity contribution in [3.63, 3.8) is 0 Å². The van der Waals surface area contributed by atoms with Gasteiger partial charge in [0, 0.05) is 93.9 Å². The molecule has 1 amide bonds. The first kappa shape index (κ1) is 49.5. The van der Waals surface area contributed by atoms with Crippen molar-refractivity contribution in [3.05, 3.63) is 88.7 Å². The number of carbonyl (C=O) groups excluding carboxylic acids is 3. The number of ether oxygens (including phenoxy) is 4. The Morgan fingerprint density at radius 2 is 1.64 bits per heavy atom. The molecule has 356 valence electrons. The largest absolute Gasteiger partial charge is 0.507 e. The van der Waals surface area contributed by atoms with Gasteiger partial charge in [0.2, 0.25) is 0 Å². The van der Waals surface area contributed by atoms with Gasteiger partial charge in [-0.3, -0.25) is 24.3 Å². The third-order valence-corrected chi connectivity index (χ3v) is 13.2. The van der Waals surface area contributed by atoms with Gasteiger partial charge in [0.05, 0.1) is 53.0 Å². The van der Waals surface area contributed by atoms with Crippen LogP contribution in [0.2, 0.25) is 0 Å². The first-order valence-corrected chi connectivity index (χ1v) is 22.4. The lowest BCUT2D eigenvalue weighted by molar-refractivity contribution is -0.160. The first-order valence-electron chi connectivity index (χ1n) is 22.4. The second-order valence-electron chi connectivity index (χ2n) is 17.9. The van der Waals surface area contributed by atoms with Crippen LogP contribution in [0.25, 0.3) is 10.8 Å². The average Bonchev–Trinajstić information content (AvgIpc) is 3.39. The molecular weight excluding hydrogens is 849 g/mol. The van der Waals surface area contributed by atoms with Crippen molar-refractivity contribution >= 4 is 40.3 Å². The second kappa shape index (κ2) is 20.7. The molecule has 0 aliphatic carbocycles. The van der Waals surface area contributed by atoms with Crippen LogP contribution in [0.15, 0.2) is 71.6 Å². The lowest BCUT2D eigenvalue weighted by Gasteiger charge is -2.38. The summed E-state index contributed by atoms with van der Waals surface area (Å²) in [7, 11) is 1.44. The van der Waals surface area contributed by atoms with Crippen LogP contribution in [0.3, 0.4) is 0 Å². The molecule has 6 N–H and O–H groups in total. The maximum absolute atomic E-state index is 14.6. The Labute approximate surface area is 385 Å². The van der Waals surface area contributed by atoms with E-state index in [-0.39, 0.29) is 44.5 Å². The molecule has 16 nitrogen and oxygen atoms in total. The van der Waals surface area contributed by atoms with E-state index >= 15 is 0 Å². The molecule has 9 atom stereocenters. The maximum atomic E-state index is 14.6. The molecule has 0 radical (unpaired) electrons. The Bertz CT molecular complexity index is 2420. The van der Waals surface area contributed by atoms with E-state index in [0.29, 0.717) is 19.6 Å². The number of nitrogens with one attached hydrogen (secondary N) is 1. The SMILES string of the molecule is CO[C@H]1/C=C/O[C@@]2(C)Oc3c(C)c(O)c4c(O)c(c(/C=N/N5CCCN(Cc6ccccc6)CC5)c(O)c4c3C2=O)NC(=O)/C(C)=C\C=C\[C@H](C)[C@H](O)C(C)[C@@H](O)C(C)[C@H](OC(C)=O)[C@@H]1C. The van der Waals surface area contributed by atoms with Crippen LogP contribution >= 0.6 is 0 Å². The number of fused-ring (bicyclic) bond motifs is 14. The van der Waals surface area contributed by atoms with Gasteiger partial charge in [0.25, 0.3) is 11.7 Å². The van der Waals surface area contributed by atoms with Gasteiger partial charge < -0.3 is 49.8 Å². The molecule has 2 unspecified atom stereocenters. The van der Waals surface area contributed by atoms with Gasteiger partial charge >= 0.3 is 11.8 Å². The smallest absolute Gasteiger partial charge is 0.312 e. The van der Waals surface area contributed by atoms with E-state index in [0.717, 1.165) is 19.5 Å². The van der Waals surface area contributed by atoms with Crippen molar-refractivity contribution in [1.29, 1.82) is 0 Å². The number of methoxy groups -OCH3 is 1. The summed E-state index contributed by atoms with van der Waals surface area (Å²) in [6, 6.07) is 10.1. The Hall–Kier alpha value is -5.94. The standard InChI is InChI=1S/C50H64N4O12/c1-27-15-13-16-28(2)49(62)52-40-35(25-51-54-21-14-20-53(22-23-54)26-34-17-11-10-12-18-34)44(59)37-38(45(40)60)43(58)32(6)47-39(37)48(61)50(8,66-47)64-24-19-36(63-9)29(3)46(65-33(7)55)31(5)42(57)30(4)41(27)56/h10-13,15-19,24-25,27,29-31,36,41-42,46,56-60H,14,20-23,26H2,1-9H3,(H,52,62)/b15-13+,24-19+,28-16-,51-25+/t27-,29+,30?,31?,36-,41-,42+,46+,50-/m0/s1. The van der Waals surface area contributed by atoms with Gasteiger partial charge in [-0.1, -0.05) is 76.3 Å². The predicted molar refractivity (Wildman–Crippen MR) is 249 cm³/mol. The molecule has 4 aliphatic heterocycles. The van der Waals surface area contributed by atoms with Crippen LogP contribution in [-0.2, 0) is 30.3 Å². The van der Waals surface area contributed by atoms with Gasteiger partial charge in [-0.05, 0) is 31.9 Å². The van der Waals surface area contributed by atoms with Crippen LogP contribution < -0.4 is 10.1 Å². The van der Waals surface area contributed by atoms with Crippen LogP contribution in [0.5, 0.6) is 23.0 Å². The normalized spacial score (nSPS) is 30.0. The molecular formula is C50H64N4O12. The lowest BCUT2D eigenvalue weighted by atomic mass is 9.78. The Morgan fingerprint density at radius 3 is 2.32 bits per heavy atom. The number of esters is 1. The number of aromatic hydroxyl groups is 3. The molecule has 5 bridgehead atoms. The van der Waals surface area contributed by atoms with Crippen molar-refractivity contribution < 1.29 is 58.9 Å². The molecule has 0 spiro atoms. The fourth-order valence-electron chi connectivity index (χ4n) is 9.08. The Morgan fingerprint density at radius 1 is 0.924 bits per heavy atom. The number of nitrogens with zero attached hydrogens (tertiary/aromatic N) is 3. The minimum absolute atomic E-state index is 0.0533. The van der Waals surface area contributed by atoms with Gasteiger partial charge in [-0.2, -0.15) is 5.10 Å². The molecule has 66 heavy (non-hydrogen) atoms. The van der Waals surface area contributed by atoms with E-state index in [1.165, 1.54) is 65.0 Å². The number of anilines is 1. The molecule has 4 heterocycles. The number of rotatable bonds is 6. The van der Waals surface area contributed by atoms with Crippen LogP contribution in [0, 0.1) is 30.6 Å². The van der Waals surface area contributed by atoms with E-state index in [9.17, 15) is 39.9 Å². The zero-order valence-electron chi connectivity index (χ0n) is 39.1. The zero-order chi connectivity index (χ0) is 48.2. The van der Waals surface area contributed by atoms with Crippen molar-refractivity contribution in [1.82, 2.24) is 9.91 Å². The highest BCUT2D eigenvalue weighted by Crippen LogP contribution is 2.55. The first-order chi connectivity index (χ1) is 31.3. The predicted octanol–water partition coefficient (Wildman–Crippen LogP) is 6.30. The highest BCUT2D eigenvalue weighted by molar-refractivity contribution is 6.23. The van der Waals surface area contributed by atoms with Crippen molar-refractivity contribution in [2.75, 3.05) is 38.6 Å². The Balaban J connectivity index is 1.47. The number of aliphatic hydroxyl groups excluding tert-OH is 2. The molecule has 3 aromatic rings. The number of carbonyl (C=O) groups is 3. The molecule has 0 saturated carbocycles. The van der Waals surface area contributed by atoms with E-state index in [1.807, 2.05) is 23.2 Å². The molecule has 7 rings (SSSR count). The molecule has 4 aliphatic rings. The van der Waals surface area contributed by atoms with Crippen LogP contribution in [-0.4, -0.2) is 123 Å². The number of Topliss-reactive ketones (excluding diaryl/α,β-unsaturated/α-hetero) is 1. The summed E-state index contributed by atoms with van der Waals surface area (Å²) in [5.41, 5.74) is 0.823. The van der Waals surface area contributed by atoms with E-state index in [2.05, 4.69) is 22.3 Å². The number of benzene rings is 3. The highest BCUT2D eigenvalue weighted by Gasteiger charge is 2.50. The number of hydrogen-bond donors (Lipinski definition) is 6. The monoisotopic (exact) mass is 912 g/mol. The number of ketones is 1. The van der Waals surface area contributed by atoms with Gasteiger partial charge in [-0.25, -0.2) is 0 Å². The summed E-state index contributed by atoms with van der Waals surface area (Å²) in [6.45, 7) is 15.9. The van der Waals surface area contributed by atoms with Crippen molar-refractivity contribution in [2.24, 2.45) is 28.8 Å². The number of phenols is 3. The number of phenolic OH excluding ortho intramolecular Hbond substituents is 3. The van der Waals surface area contributed by atoms with Gasteiger partial charge in [0.1, 0.15) is 23.4 Å².